The van der Waals surface area contributed by atoms with Gasteiger partial charge in [-0.25, -0.2) is 14.3 Å². The molecule has 1 aromatic rings. The Hall–Kier alpha value is -1.70. The third-order valence-corrected chi connectivity index (χ3v) is 7.97. The van der Waals surface area contributed by atoms with Crippen LogP contribution in [0.15, 0.2) is 24.4 Å². The lowest BCUT2D eigenvalue weighted by molar-refractivity contribution is -0.704. The SMILES string of the molecule is CCCCCCCCCCCCCCCCOC[C@@H]1CO[C@@H](COC(=O)N(Cc2cccc[n+]2CCC)C(C)=O)C1.[Cl-]. The molecule has 8 heteroatoms. The number of ether oxygens (including phenoxy) is 3. The van der Waals surface area contributed by atoms with Gasteiger partial charge in [0.05, 0.1) is 19.3 Å². The van der Waals surface area contributed by atoms with Crippen molar-refractivity contribution in [1.29, 1.82) is 0 Å². The first-order valence-electron chi connectivity index (χ1n) is 16.7. The van der Waals surface area contributed by atoms with Crippen molar-refractivity contribution in [2.75, 3.05) is 26.4 Å². The highest BCUT2D eigenvalue weighted by molar-refractivity contribution is 5.90. The monoisotopic (exact) mass is 610 g/mol. The van der Waals surface area contributed by atoms with Crippen molar-refractivity contribution in [3.63, 3.8) is 0 Å². The van der Waals surface area contributed by atoms with Crippen molar-refractivity contribution in [2.45, 2.75) is 143 Å². The van der Waals surface area contributed by atoms with Crippen LogP contribution in [0.1, 0.15) is 129 Å². The number of hydrogen-bond acceptors (Lipinski definition) is 5. The Bertz CT molecular complexity index is 840. The highest BCUT2D eigenvalue weighted by Gasteiger charge is 2.29. The quantitative estimate of drug-likeness (QED) is 0.132. The van der Waals surface area contributed by atoms with Crippen molar-refractivity contribution >= 4 is 12.0 Å². The van der Waals surface area contributed by atoms with Crippen LogP contribution in [0.4, 0.5) is 4.79 Å². The van der Waals surface area contributed by atoms with E-state index in [1.165, 1.54) is 90.4 Å². The average molecular weight is 611 g/mol. The zero-order valence-electron chi connectivity index (χ0n) is 26.8. The number of unbranched alkanes of at least 4 members (excludes halogenated alkanes) is 13. The summed E-state index contributed by atoms with van der Waals surface area (Å²) in [5.41, 5.74) is 0.898. The minimum atomic E-state index is -0.620. The smallest absolute Gasteiger partial charge is 0.417 e. The Balaban J connectivity index is 0.00000882. The summed E-state index contributed by atoms with van der Waals surface area (Å²) in [7, 11) is 0. The van der Waals surface area contributed by atoms with E-state index >= 15 is 0 Å². The lowest BCUT2D eigenvalue weighted by Crippen LogP contribution is -3.00. The van der Waals surface area contributed by atoms with E-state index in [2.05, 4.69) is 18.4 Å². The van der Waals surface area contributed by atoms with E-state index in [4.69, 9.17) is 14.2 Å². The normalized spacial score (nSPS) is 16.3. The van der Waals surface area contributed by atoms with Crippen molar-refractivity contribution < 1.29 is 40.8 Å². The molecule has 1 aliphatic rings. The molecule has 42 heavy (non-hydrogen) atoms. The fourth-order valence-electron chi connectivity index (χ4n) is 5.48. The van der Waals surface area contributed by atoms with Crippen LogP contribution < -0.4 is 17.0 Å². The van der Waals surface area contributed by atoms with Gasteiger partial charge in [0, 0.05) is 38.0 Å². The number of carbonyl (C=O) groups excluding carboxylic acids is 2. The minimum Gasteiger partial charge on any atom is -1.00 e. The minimum absolute atomic E-state index is 0. The molecule has 2 amide bonds. The number of aryl methyl sites for hydroxylation is 1. The fourth-order valence-corrected chi connectivity index (χ4v) is 5.48. The third-order valence-electron chi connectivity index (χ3n) is 7.97. The fraction of sp³-hybridized carbons (Fsp3) is 0.794. The number of imide groups is 1. The molecular weight excluding hydrogens is 552 g/mol. The summed E-state index contributed by atoms with van der Waals surface area (Å²) in [6.07, 6.45) is 22.0. The molecule has 0 unspecified atom stereocenters. The topological polar surface area (TPSA) is 69.0 Å². The van der Waals surface area contributed by atoms with Crippen LogP contribution in [0.3, 0.4) is 0 Å². The Morgan fingerprint density at radius 3 is 2.10 bits per heavy atom. The first kappa shape index (κ1) is 38.3. The van der Waals surface area contributed by atoms with Crippen LogP contribution in [0.2, 0.25) is 0 Å². The van der Waals surface area contributed by atoms with Gasteiger partial charge in [-0.15, -0.1) is 0 Å². The van der Waals surface area contributed by atoms with Gasteiger partial charge in [0.25, 0.3) is 0 Å². The second kappa shape index (κ2) is 24.7. The average Bonchev–Trinajstić information content (AvgIpc) is 3.43. The highest BCUT2D eigenvalue weighted by Crippen LogP contribution is 2.21. The molecule has 0 radical (unpaired) electrons. The zero-order valence-corrected chi connectivity index (χ0v) is 27.6. The summed E-state index contributed by atoms with van der Waals surface area (Å²) in [5.74, 6) is -0.00408. The van der Waals surface area contributed by atoms with Crippen molar-refractivity contribution in [2.24, 2.45) is 5.92 Å². The number of carbonyl (C=O) groups is 2. The molecular formula is C34H59ClN2O5. The molecule has 1 aromatic heterocycles. The van der Waals surface area contributed by atoms with E-state index in [1.807, 2.05) is 24.4 Å². The first-order chi connectivity index (χ1) is 20.0. The molecule has 2 rings (SSSR count). The maximum absolute atomic E-state index is 12.7. The van der Waals surface area contributed by atoms with Gasteiger partial charge >= 0.3 is 6.09 Å². The highest BCUT2D eigenvalue weighted by atomic mass is 35.5. The summed E-state index contributed by atoms with van der Waals surface area (Å²) in [5, 5.41) is 0. The van der Waals surface area contributed by atoms with Gasteiger partial charge in [0.2, 0.25) is 11.6 Å². The number of nitrogens with zero attached hydrogens (tertiary/aromatic N) is 2. The van der Waals surface area contributed by atoms with E-state index < -0.39 is 6.09 Å². The molecule has 2 heterocycles. The Kier molecular flexibility index (Phi) is 22.5. The molecule has 0 aliphatic carbocycles. The third kappa shape index (κ3) is 16.8. The number of hydrogen-bond donors (Lipinski definition) is 0. The van der Waals surface area contributed by atoms with E-state index in [0.717, 1.165) is 43.0 Å². The lowest BCUT2D eigenvalue weighted by Gasteiger charge is -2.19. The van der Waals surface area contributed by atoms with Crippen molar-refractivity contribution in [3.05, 3.63) is 30.1 Å². The van der Waals surface area contributed by atoms with Crippen LogP contribution in [0.25, 0.3) is 0 Å². The summed E-state index contributed by atoms with van der Waals surface area (Å²) in [6.45, 7) is 9.06. The zero-order chi connectivity index (χ0) is 29.5. The van der Waals surface area contributed by atoms with E-state index in [0.29, 0.717) is 19.1 Å². The van der Waals surface area contributed by atoms with Crippen LogP contribution >= 0.6 is 0 Å². The van der Waals surface area contributed by atoms with Gasteiger partial charge < -0.3 is 26.6 Å². The van der Waals surface area contributed by atoms with Crippen molar-refractivity contribution in [3.8, 4) is 0 Å². The van der Waals surface area contributed by atoms with Gasteiger partial charge in [-0.2, -0.15) is 0 Å². The van der Waals surface area contributed by atoms with Gasteiger partial charge in [-0.3, -0.25) is 4.79 Å². The molecule has 242 valence electrons. The first-order valence-corrected chi connectivity index (χ1v) is 16.7. The summed E-state index contributed by atoms with van der Waals surface area (Å²) >= 11 is 0. The molecule has 7 nitrogen and oxygen atoms in total. The number of aromatic nitrogens is 1. The Morgan fingerprint density at radius 2 is 1.50 bits per heavy atom. The number of amides is 2. The van der Waals surface area contributed by atoms with E-state index in [-0.39, 0.29) is 37.6 Å². The number of pyridine rings is 1. The summed E-state index contributed by atoms with van der Waals surface area (Å²) < 4.78 is 19.3. The molecule has 2 atom stereocenters. The van der Waals surface area contributed by atoms with E-state index in [1.54, 1.807) is 0 Å². The second-order valence-corrected chi connectivity index (χ2v) is 11.8. The lowest BCUT2D eigenvalue weighted by atomic mass is 10.0. The van der Waals surface area contributed by atoms with Crippen LogP contribution in [0.5, 0.6) is 0 Å². The standard InChI is InChI=1S/C34H59N2O5.ClH/c1-4-6-7-8-9-10-11-12-13-14-15-16-17-20-24-39-27-31-25-33(40-28-31)29-41-34(38)36(30(3)37)26-32-21-18-19-23-35(32)22-5-2;/h18-19,21,23,31,33H,4-17,20,22,24-29H2,1-3H3;1H/q+1;/p-1/t31-,33-;/m1./s1. The van der Waals surface area contributed by atoms with Crippen molar-refractivity contribution in [1.82, 2.24) is 4.90 Å². The molecule has 0 spiro atoms. The maximum atomic E-state index is 12.7. The molecule has 1 fully saturated rings. The Labute approximate surface area is 262 Å². The molecule has 1 saturated heterocycles. The Morgan fingerprint density at radius 1 is 0.881 bits per heavy atom. The molecule has 0 N–H and O–H groups in total. The maximum Gasteiger partial charge on any atom is 0.417 e. The number of rotatable bonds is 23. The molecule has 0 bridgehead atoms. The van der Waals surface area contributed by atoms with Gasteiger partial charge in [0.15, 0.2) is 6.20 Å². The van der Waals surface area contributed by atoms with Gasteiger partial charge in [0.1, 0.15) is 19.7 Å². The van der Waals surface area contributed by atoms with Gasteiger partial charge in [-0.1, -0.05) is 103 Å². The van der Waals surface area contributed by atoms with Crippen LogP contribution in [-0.4, -0.2) is 49.4 Å². The van der Waals surface area contributed by atoms with Crippen LogP contribution in [-0.2, 0) is 32.1 Å². The summed E-state index contributed by atoms with van der Waals surface area (Å²) in [6, 6.07) is 5.80. The predicted octanol–water partition coefficient (Wildman–Crippen LogP) is 4.78. The predicted molar refractivity (Wildman–Crippen MR) is 163 cm³/mol. The molecule has 0 aromatic carbocycles. The number of halogens is 1. The molecule has 1 aliphatic heterocycles. The van der Waals surface area contributed by atoms with Gasteiger partial charge in [-0.05, 0) is 12.8 Å². The summed E-state index contributed by atoms with van der Waals surface area (Å²) in [4.78, 5) is 26.1. The van der Waals surface area contributed by atoms with E-state index in [9.17, 15) is 9.59 Å². The second-order valence-electron chi connectivity index (χ2n) is 11.8. The molecule has 0 saturated carbocycles. The largest absolute Gasteiger partial charge is 1.00 e. The van der Waals surface area contributed by atoms with Crippen LogP contribution in [0, 0.1) is 5.92 Å².